The second kappa shape index (κ2) is 10.3. The lowest BCUT2D eigenvalue weighted by atomic mass is 10.1. The van der Waals surface area contributed by atoms with Crippen molar-refractivity contribution in [1.82, 2.24) is 15.1 Å². The predicted octanol–water partition coefficient (Wildman–Crippen LogP) is 4.91. The molecule has 0 atom stereocenters. The van der Waals surface area contributed by atoms with Crippen molar-refractivity contribution in [3.8, 4) is 28.8 Å². The van der Waals surface area contributed by atoms with Crippen LogP contribution in [-0.2, 0) is 11.4 Å². The zero-order valence-electron chi connectivity index (χ0n) is 18.4. The van der Waals surface area contributed by atoms with E-state index in [2.05, 4.69) is 5.32 Å². The van der Waals surface area contributed by atoms with Crippen LogP contribution in [0.2, 0.25) is 0 Å². The Hall–Kier alpha value is -4.70. The zero-order chi connectivity index (χ0) is 23.9. The highest BCUT2D eigenvalue weighted by Gasteiger charge is 2.15. The molecule has 7 heteroatoms. The fourth-order valence-electron chi connectivity index (χ4n) is 3.35. The van der Waals surface area contributed by atoms with Crippen molar-refractivity contribution in [1.29, 1.82) is 5.26 Å². The maximum atomic E-state index is 13.1. The Kier molecular flexibility index (Phi) is 6.80. The van der Waals surface area contributed by atoms with Crippen LogP contribution in [0.4, 0.5) is 4.39 Å². The Bertz CT molecular complexity index is 1370. The third-order valence-electron chi connectivity index (χ3n) is 5.08. The molecule has 1 N–H and O–H groups in total. The van der Waals surface area contributed by atoms with Crippen LogP contribution in [0.3, 0.4) is 0 Å². The highest BCUT2D eigenvalue weighted by molar-refractivity contribution is 6.02. The van der Waals surface area contributed by atoms with Crippen molar-refractivity contribution < 1.29 is 13.9 Å². The minimum atomic E-state index is -0.475. The van der Waals surface area contributed by atoms with Gasteiger partial charge in [0.15, 0.2) is 0 Å². The summed E-state index contributed by atoms with van der Waals surface area (Å²) in [5.74, 6) is -0.163. The zero-order valence-corrected chi connectivity index (χ0v) is 18.4. The second-order valence-corrected chi connectivity index (χ2v) is 7.41. The van der Waals surface area contributed by atoms with Crippen LogP contribution < -0.4 is 10.1 Å². The Morgan fingerprint density at radius 3 is 2.59 bits per heavy atom. The summed E-state index contributed by atoms with van der Waals surface area (Å²) in [5, 5.41) is 16.7. The Labute approximate surface area is 196 Å². The van der Waals surface area contributed by atoms with Gasteiger partial charge in [-0.2, -0.15) is 10.4 Å². The molecule has 0 aliphatic heterocycles. The Balaban J connectivity index is 1.71. The topological polar surface area (TPSA) is 79.9 Å². The molecule has 3 aromatic carbocycles. The molecule has 34 heavy (non-hydrogen) atoms. The second-order valence-electron chi connectivity index (χ2n) is 7.41. The lowest BCUT2D eigenvalue weighted by molar-refractivity contribution is -0.116. The molecule has 0 unspecified atom stereocenters. The molecule has 0 fully saturated rings. The number of nitrogens with zero attached hydrogens (tertiary/aromatic N) is 3. The number of likely N-dealkylation sites (N-methyl/N-ethyl adjacent to an activating group) is 1. The third kappa shape index (κ3) is 5.19. The summed E-state index contributed by atoms with van der Waals surface area (Å²) in [6.07, 6.45) is 3.30. The SMILES string of the molecule is CNC(=O)C(C#N)=Cc1cn(-c2ccccc2)nc1-c1cccc(OCc2ccc(F)cc2)c1. The number of hydrogen-bond acceptors (Lipinski definition) is 4. The first-order valence-corrected chi connectivity index (χ1v) is 10.5. The maximum absolute atomic E-state index is 13.1. The van der Waals surface area contributed by atoms with E-state index in [1.54, 1.807) is 23.0 Å². The van der Waals surface area contributed by atoms with Gasteiger partial charge < -0.3 is 10.1 Å². The minimum Gasteiger partial charge on any atom is -0.489 e. The number of ether oxygens (including phenoxy) is 1. The Morgan fingerprint density at radius 2 is 1.88 bits per heavy atom. The van der Waals surface area contributed by atoms with E-state index in [9.17, 15) is 14.4 Å². The van der Waals surface area contributed by atoms with Crippen LogP contribution in [0.5, 0.6) is 5.75 Å². The quantitative estimate of drug-likeness (QED) is 0.319. The molecule has 0 saturated heterocycles. The minimum absolute atomic E-state index is 0.0277. The number of hydrogen-bond donors (Lipinski definition) is 1. The molecule has 1 aromatic heterocycles. The monoisotopic (exact) mass is 452 g/mol. The molecule has 0 bridgehead atoms. The largest absolute Gasteiger partial charge is 0.489 e. The van der Waals surface area contributed by atoms with Gasteiger partial charge in [-0.1, -0.05) is 42.5 Å². The average Bonchev–Trinajstić information content (AvgIpc) is 3.31. The summed E-state index contributed by atoms with van der Waals surface area (Å²) in [6.45, 7) is 0.282. The first-order chi connectivity index (χ1) is 16.6. The molecule has 6 nitrogen and oxygen atoms in total. The summed E-state index contributed by atoms with van der Waals surface area (Å²) in [4.78, 5) is 12.1. The number of amides is 1. The molecule has 0 spiro atoms. The fraction of sp³-hybridized carbons (Fsp3) is 0.0741. The molecule has 0 saturated carbocycles. The summed E-state index contributed by atoms with van der Waals surface area (Å²) in [7, 11) is 1.48. The maximum Gasteiger partial charge on any atom is 0.261 e. The van der Waals surface area contributed by atoms with Gasteiger partial charge >= 0.3 is 0 Å². The van der Waals surface area contributed by atoms with Gasteiger partial charge in [0.2, 0.25) is 0 Å². The number of benzene rings is 3. The third-order valence-corrected chi connectivity index (χ3v) is 5.08. The van der Waals surface area contributed by atoms with E-state index in [1.807, 2.05) is 60.7 Å². The van der Waals surface area contributed by atoms with Gasteiger partial charge in [0.1, 0.15) is 35.5 Å². The van der Waals surface area contributed by atoms with Gasteiger partial charge in [-0.15, -0.1) is 0 Å². The van der Waals surface area contributed by atoms with Crippen LogP contribution >= 0.6 is 0 Å². The molecule has 1 heterocycles. The van der Waals surface area contributed by atoms with Crippen LogP contribution in [-0.4, -0.2) is 22.7 Å². The fourth-order valence-corrected chi connectivity index (χ4v) is 3.35. The van der Waals surface area contributed by atoms with Gasteiger partial charge in [0.05, 0.1) is 5.69 Å². The number of para-hydroxylation sites is 1. The molecular formula is C27H21FN4O2. The van der Waals surface area contributed by atoms with E-state index >= 15 is 0 Å². The van der Waals surface area contributed by atoms with E-state index in [1.165, 1.54) is 25.3 Å². The highest BCUT2D eigenvalue weighted by Crippen LogP contribution is 2.29. The van der Waals surface area contributed by atoms with Gasteiger partial charge in [0.25, 0.3) is 5.91 Å². The van der Waals surface area contributed by atoms with Crippen molar-refractivity contribution in [3.05, 3.63) is 108 Å². The highest BCUT2D eigenvalue weighted by atomic mass is 19.1. The number of aromatic nitrogens is 2. The number of carbonyl (C=O) groups is 1. The van der Waals surface area contributed by atoms with Crippen molar-refractivity contribution in [2.24, 2.45) is 0 Å². The van der Waals surface area contributed by atoms with Crippen LogP contribution in [0.15, 0.2) is 90.6 Å². The summed E-state index contributed by atoms with van der Waals surface area (Å²) >= 11 is 0. The van der Waals surface area contributed by atoms with Crippen molar-refractivity contribution in [3.63, 3.8) is 0 Å². The van der Waals surface area contributed by atoms with Crippen molar-refractivity contribution in [2.75, 3.05) is 7.05 Å². The predicted molar refractivity (Wildman–Crippen MR) is 127 cm³/mol. The van der Waals surface area contributed by atoms with E-state index in [-0.39, 0.29) is 18.0 Å². The molecule has 4 aromatic rings. The van der Waals surface area contributed by atoms with Gasteiger partial charge in [-0.05, 0) is 48.0 Å². The summed E-state index contributed by atoms with van der Waals surface area (Å²) in [6, 6.07) is 25.0. The van der Waals surface area contributed by atoms with Crippen molar-refractivity contribution >= 4 is 12.0 Å². The van der Waals surface area contributed by atoms with Crippen LogP contribution in [0.25, 0.3) is 23.0 Å². The van der Waals surface area contributed by atoms with Crippen molar-refractivity contribution in [2.45, 2.75) is 6.61 Å². The molecule has 0 aliphatic rings. The first-order valence-electron chi connectivity index (χ1n) is 10.5. The van der Waals surface area contributed by atoms with E-state index in [0.717, 1.165) is 16.8 Å². The van der Waals surface area contributed by atoms with Crippen LogP contribution in [0.1, 0.15) is 11.1 Å². The smallest absolute Gasteiger partial charge is 0.261 e. The first kappa shape index (κ1) is 22.5. The lowest BCUT2D eigenvalue weighted by Crippen LogP contribution is -2.19. The molecule has 0 aliphatic carbocycles. The standard InChI is InChI=1S/C27H21FN4O2/c1-30-27(33)21(16-29)14-22-17-32(24-7-3-2-4-8-24)31-26(22)20-6-5-9-25(15-20)34-18-19-10-12-23(28)13-11-19/h2-15,17H,18H2,1H3,(H,30,33). The Morgan fingerprint density at radius 1 is 1.12 bits per heavy atom. The number of nitriles is 1. The van der Waals surface area contributed by atoms with Gasteiger partial charge in [-0.25, -0.2) is 9.07 Å². The van der Waals surface area contributed by atoms with E-state index in [0.29, 0.717) is 17.0 Å². The molecule has 168 valence electrons. The summed E-state index contributed by atoms with van der Waals surface area (Å²) in [5.41, 5.74) is 3.61. The molecule has 1 amide bonds. The number of carbonyl (C=O) groups excluding carboxylic acids is 1. The van der Waals surface area contributed by atoms with E-state index in [4.69, 9.17) is 9.84 Å². The number of nitrogens with one attached hydrogen (secondary N) is 1. The van der Waals surface area contributed by atoms with E-state index < -0.39 is 5.91 Å². The molecule has 0 radical (unpaired) electrons. The number of halogens is 1. The van der Waals surface area contributed by atoms with Gasteiger partial charge in [-0.3, -0.25) is 4.79 Å². The normalized spacial score (nSPS) is 11.0. The molecular weight excluding hydrogens is 431 g/mol. The molecule has 4 rings (SSSR count). The number of rotatable bonds is 7. The average molecular weight is 452 g/mol. The summed E-state index contributed by atoms with van der Waals surface area (Å²) < 4.78 is 20.7. The lowest BCUT2D eigenvalue weighted by Gasteiger charge is -2.08. The van der Waals surface area contributed by atoms with Gasteiger partial charge in [0, 0.05) is 24.4 Å². The van der Waals surface area contributed by atoms with Crippen LogP contribution in [0, 0.1) is 17.1 Å².